The molecule has 0 aliphatic carbocycles. The Morgan fingerprint density at radius 3 is 2.94 bits per heavy atom. The number of amides is 1. The van der Waals surface area contributed by atoms with Gasteiger partial charge in [-0.1, -0.05) is 13.0 Å². The highest BCUT2D eigenvalue weighted by Crippen LogP contribution is 2.20. The summed E-state index contributed by atoms with van der Waals surface area (Å²) in [5.41, 5.74) is 3.03. The minimum Gasteiger partial charge on any atom is -0.372 e. The van der Waals surface area contributed by atoms with Crippen molar-refractivity contribution in [2.24, 2.45) is 0 Å². The van der Waals surface area contributed by atoms with Crippen molar-refractivity contribution in [3.8, 4) is 0 Å². The van der Waals surface area contributed by atoms with Gasteiger partial charge in [-0.3, -0.25) is 4.79 Å². The van der Waals surface area contributed by atoms with E-state index >= 15 is 0 Å². The fourth-order valence-corrected chi connectivity index (χ4v) is 1.86. The molecule has 2 N–H and O–H groups in total. The van der Waals surface area contributed by atoms with Crippen molar-refractivity contribution in [2.45, 2.75) is 20.1 Å². The molecule has 0 radical (unpaired) electrons. The van der Waals surface area contributed by atoms with Crippen molar-refractivity contribution >= 4 is 5.91 Å². The normalized spacial score (nSPS) is 13.5. The number of carbonyl (C=O) groups excluding carboxylic acids is 1. The van der Waals surface area contributed by atoms with Crippen LogP contribution in [0.2, 0.25) is 0 Å². The van der Waals surface area contributed by atoms with Crippen molar-refractivity contribution in [2.75, 3.05) is 19.6 Å². The number of likely N-dealkylation sites (N-methyl/N-ethyl adjacent to an activating group) is 1. The number of nitrogens with one attached hydrogen (secondary N) is 2. The van der Waals surface area contributed by atoms with Gasteiger partial charge in [0.15, 0.2) is 0 Å². The highest BCUT2D eigenvalue weighted by atomic mass is 16.5. The Labute approximate surface area is 101 Å². The molecule has 1 aromatic rings. The van der Waals surface area contributed by atoms with Gasteiger partial charge < -0.3 is 15.4 Å². The molecule has 1 amide bonds. The van der Waals surface area contributed by atoms with Gasteiger partial charge in [0.05, 0.1) is 13.2 Å². The van der Waals surface area contributed by atoms with E-state index in [0.29, 0.717) is 25.3 Å². The fourth-order valence-electron chi connectivity index (χ4n) is 1.86. The minimum absolute atomic E-state index is 0.0161. The van der Waals surface area contributed by atoms with Crippen LogP contribution >= 0.6 is 0 Å². The van der Waals surface area contributed by atoms with E-state index in [4.69, 9.17) is 4.74 Å². The molecule has 1 heterocycles. The highest BCUT2D eigenvalue weighted by molar-refractivity contribution is 5.94. The van der Waals surface area contributed by atoms with E-state index in [1.807, 2.05) is 25.1 Å². The van der Waals surface area contributed by atoms with E-state index in [-0.39, 0.29) is 5.91 Å². The summed E-state index contributed by atoms with van der Waals surface area (Å²) >= 11 is 0. The molecule has 92 valence electrons. The van der Waals surface area contributed by atoms with Gasteiger partial charge in [-0.15, -0.1) is 0 Å². The van der Waals surface area contributed by atoms with Gasteiger partial charge >= 0.3 is 0 Å². The number of hydrogen-bond donors (Lipinski definition) is 2. The van der Waals surface area contributed by atoms with E-state index in [9.17, 15) is 4.79 Å². The van der Waals surface area contributed by atoms with E-state index in [1.165, 1.54) is 5.56 Å². The molecular formula is C13H18N2O2. The van der Waals surface area contributed by atoms with Crippen LogP contribution in [-0.2, 0) is 18.0 Å². The largest absolute Gasteiger partial charge is 0.372 e. The van der Waals surface area contributed by atoms with Crippen molar-refractivity contribution in [3.63, 3.8) is 0 Å². The summed E-state index contributed by atoms with van der Waals surface area (Å²) in [4.78, 5) is 11.8. The molecule has 2 rings (SSSR count). The van der Waals surface area contributed by atoms with Gasteiger partial charge in [-0.05, 0) is 29.8 Å². The lowest BCUT2D eigenvalue weighted by atomic mass is 10.1. The Morgan fingerprint density at radius 1 is 1.29 bits per heavy atom. The van der Waals surface area contributed by atoms with Crippen LogP contribution in [0.3, 0.4) is 0 Å². The van der Waals surface area contributed by atoms with E-state index in [1.54, 1.807) is 0 Å². The number of hydrogen-bond acceptors (Lipinski definition) is 3. The van der Waals surface area contributed by atoms with Crippen molar-refractivity contribution < 1.29 is 9.53 Å². The standard InChI is InChI=1S/C13H18N2O2/c1-2-14-5-6-15-13(16)10-3-4-11-8-17-9-12(11)7-10/h3-4,7,14H,2,5-6,8-9H2,1H3,(H,15,16). The zero-order chi connectivity index (χ0) is 12.1. The van der Waals surface area contributed by atoms with Gasteiger partial charge in [0.25, 0.3) is 5.91 Å². The summed E-state index contributed by atoms with van der Waals surface area (Å²) in [6.45, 7) is 5.70. The Bertz CT molecular complexity index is 404. The molecule has 0 saturated carbocycles. The number of benzene rings is 1. The van der Waals surface area contributed by atoms with Crippen LogP contribution in [0.5, 0.6) is 0 Å². The molecule has 0 saturated heterocycles. The van der Waals surface area contributed by atoms with Crippen LogP contribution in [-0.4, -0.2) is 25.5 Å². The molecule has 0 atom stereocenters. The summed E-state index contributed by atoms with van der Waals surface area (Å²) in [5, 5.41) is 6.04. The average Bonchev–Trinajstić information content (AvgIpc) is 2.81. The predicted molar refractivity (Wildman–Crippen MR) is 65.8 cm³/mol. The predicted octanol–water partition coefficient (Wildman–Crippen LogP) is 1.06. The lowest BCUT2D eigenvalue weighted by Crippen LogP contribution is -2.31. The van der Waals surface area contributed by atoms with E-state index in [2.05, 4.69) is 10.6 Å². The maximum atomic E-state index is 11.8. The fraction of sp³-hybridized carbons (Fsp3) is 0.462. The van der Waals surface area contributed by atoms with Crippen molar-refractivity contribution in [1.82, 2.24) is 10.6 Å². The maximum Gasteiger partial charge on any atom is 0.251 e. The van der Waals surface area contributed by atoms with Crippen LogP contribution in [0.25, 0.3) is 0 Å². The monoisotopic (exact) mass is 234 g/mol. The Balaban J connectivity index is 1.91. The Hall–Kier alpha value is -1.39. The van der Waals surface area contributed by atoms with Crippen LogP contribution in [0.1, 0.15) is 28.4 Å². The quantitative estimate of drug-likeness (QED) is 0.749. The summed E-state index contributed by atoms with van der Waals surface area (Å²) in [5.74, 6) is -0.0161. The first-order valence-corrected chi connectivity index (χ1v) is 5.99. The molecule has 1 aliphatic rings. The average molecular weight is 234 g/mol. The molecule has 0 spiro atoms. The van der Waals surface area contributed by atoms with Gasteiger partial charge in [-0.2, -0.15) is 0 Å². The topological polar surface area (TPSA) is 50.4 Å². The highest BCUT2D eigenvalue weighted by Gasteiger charge is 2.13. The third kappa shape index (κ3) is 3.05. The molecule has 4 heteroatoms. The SMILES string of the molecule is CCNCCNC(=O)c1ccc2c(c1)COC2. The number of ether oxygens (including phenoxy) is 1. The number of carbonyl (C=O) groups is 1. The summed E-state index contributed by atoms with van der Waals surface area (Å²) in [6.07, 6.45) is 0. The van der Waals surface area contributed by atoms with Crippen LogP contribution in [0.4, 0.5) is 0 Å². The van der Waals surface area contributed by atoms with Gasteiger partial charge in [-0.25, -0.2) is 0 Å². The molecule has 0 fully saturated rings. The molecule has 4 nitrogen and oxygen atoms in total. The number of fused-ring (bicyclic) bond motifs is 1. The minimum atomic E-state index is -0.0161. The summed E-state index contributed by atoms with van der Waals surface area (Å²) in [6, 6.07) is 5.75. The molecule has 0 aromatic heterocycles. The van der Waals surface area contributed by atoms with Crippen LogP contribution < -0.4 is 10.6 Å². The van der Waals surface area contributed by atoms with E-state index in [0.717, 1.165) is 18.7 Å². The zero-order valence-corrected chi connectivity index (χ0v) is 10.1. The zero-order valence-electron chi connectivity index (χ0n) is 10.1. The molecule has 1 aliphatic heterocycles. The number of rotatable bonds is 5. The molecule has 1 aromatic carbocycles. The van der Waals surface area contributed by atoms with Crippen molar-refractivity contribution in [1.29, 1.82) is 0 Å². The Morgan fingerprint density at radius 2 is 2.12 bits per heavy atom. The van der Waals surface area contributed by atoms with Crippen molar-refractivity contribution in [3.05, 3.63) is 34.9 Å². The smallest absolute Gasteiger partial charge is 0.251 e. The summed E-state index contributed by atoms with van der Waals surface area (Å²) in [7, 11) is 0. The molecule has 0 bridgehead atoms. The maximum absolute atomic E-state index is 11.8. The van der Waals surface area contributed by atoms with Gasteiger partial charge in [0.2, 0.25) is 0 Å². The second-order valence-corrected chi connectivity index (χ2v) is 4.09. The molecular weight excluding hydrogens is 216 g/mol. The van der Waals surface area contributed by atoms with Crippen LogP contribution in [0.15, 0.2) is 18.2 Å². The van der Waals surface area contributed by atoms with E-state index < -0.39 is 0 Å². The lowest BCUT2D eigenvalue weighted by molar-refractivity contribution is 0.0954. The van der Waals surface area contributed by atoms with Gasteiger partial charge in [0.1, 0.15) is 0 Å². The summed E-state index contributed by atoms with van der Waals surface area (Å²) < 4.78 is 5.32. The second-order valence-electron chi connectivity index (χ2n) is 4.09. The Kier molecular flexibility index (Phi) is 4.12. The molecule has 17 heavy (non-hydrogen) atoms. The first-order valence-electron chi connectivity index (χ1n) is 5.99. The van der Waals surface area contributed by atoms with Crippen LogP contribution in [0, 0.1) is 0 Å². The third-order valence-electron chi connectivity index (χ3n) is 2.82. The van der Waals surface area contributed by atoms with Gasteiger partial charge in [0, 0.05) is 18.7 Å². The second kappa shape index (κ2) is 5.80. The lowest BCUT2D eigenvalue weighted by Gasteiger charge is -2.06. The molecule has 0 unspecified atom stereocenters. The first kappa shape index (κ1) is 12.1. The third-order valence-corrected chi connectivity index (χ3v) is 2.82. The first-order chi connectivity index (χ1) is 8.31.